The number of anilines is 1. The average molecular weight is 245 g/mol. The van der Waals surface area contributed by atoms with Crippen LogP contribution in [0.1, 0.15) is 16.8 Å². The summed E-state index contributed by atoms with van der Waals surface area (Å²) in [6.07, 6.45) is 0.849. The third kappa shape index (κ3) is 3.30. The van der Waals surface area contributed by atoms with Gasteiger partial charge in [-0.3, -0.25) is 4.79 Å². The molecule has 0 saturated heterocycles. The molecule has 0 radical (unpaired) electrons. The van der Waals surface area contributed by atoms with Crippen LogP contribution in [0.2, 0.25) is 0 Å². The van der Waals surface area contributed by atoms with E-state index in [1.54, 1.807) is 0 Å². The van der Waals surface area contributed by atoms with E-state index in [0.29, 0.717) is 0 Å². The van der Waals surface area contributed by atoms with Gasteiger partial charge in [-0.25, -0.2) is 12.8 Å². The van der Waals surface area contributed by atoms with Gasteiger partial charge in [0.25, 0.3) is 0 Å². The number of nitrogens with two attached hydrogens (primary N) is 1. The Kier molecular flexibility index (Phi) is 3.64. The molecule has 0 amide bonds. The molecule has 1 rings (SSSR count). The van der Waals surface area contributed by atoms with Crippen LogP contribution in [-0.4, -0.2) is 26.2 Å². The van der Waals surface area contributed by atoms with Crippen LogP contribution in [0.3, 0.4) is 0 Å². The minimum atomic E-state index is -3.21. The molecule has 0 fully saturated rings. The predicted molar refractivity (Wildman–Crippen MR) is 59.5 cm³/mol. The van der Waals surface area contributed by atoms with Crippen LogP contribution in [0.4, 0.5) is 10.1 Å². The number of sulfone groups is 1. The monoisotopic (exact) mass is 245 g/mol. The number of hydrogen-bond acceptors (Lipinski definition) is 4. The Morgan fingerprint density at radius 2 is 2.06 bits per heavy atom. The number of halogens is 1. The van der Waals surface area contributed by atoms with Crippen molar-refractivity contribution < 1.29 is 17.6 Å². The smallest absolute Gasteiger partial charge is 0.166 e. The molecule has 4 nitrogen and oxygen atoms in total. The Labute approximate surface area is 93.2 Å². The van der Waals surface area contributed by atoms with Gasteiger partial charge in [-0.2, -0.15) is 0 Å². The molecule has 0 aliphatic rings. The summed E-state index contributed by atoms with van der Waals surface area (Å²) in [6.45, 7) is 0. The first kappa shape index (κ1) is 12.6. The van der Waals surface area contributed by atoms with Gasteiger partial charge in [-0.1, -0.05) is 6.07 Å². The SMILES string of the molecule is CS(=O)(=O)CCC(=O)c1cccc(F)c1N. The molecule has 0 aliphatic heterocycles. The fourth-order valence-corrected chi connectivity index (χ4v) is 1.75. The fourth-order valence-electron chi connectivity index (χ4n) is 1.19. The van der Waals surface area contributed by atoms with Crippen LogP contribution in [0.25, 0.3) is 0 Å². The van der Waals surface area contributed by atoms with Gasteiger partial charge in [-0.05, 0) is 12.1 Å². The van der Waals surface area contributed by atoms with Crippen LogP contribution >= 0.6 is 0 Å². The molecule has 0 aliphatic carbocycles. The highest BCUT2D eigenvalue weighted by molar-refractivity contribution is 7.90. The van der Waals surface area contributed by atoms with Crippen molar-refractivity contribution in [3.63, 3.8) is 0 Å². The van der Waals surface area contributed by atoms with Crippen molar-refractivity contribution in [1.29, 1.82) is 0 Å². The van der Waals surface area contributed by atoms with E-state index in [-0.39, 0.29) is 23.4 Å². The molecule has 1 aromatic rings. The van der Waals surface area contributed by atoms with Gasteiger partial charge in [0.1, 0.15) is 15.7 Å². The van der Waals surface area contributed by atoms with Gasteiger partial charge >= 0.3 is 0 Å². The average Bonchev–Trinajstić information content (AvgIpc) is 2.17. The maximum Gasteiger partial charge on any atom is 0.166 e. The summed E-state index contributed by atoms with van der Waals surface area (Å²) in [4.78, 5) is 11.6. The minimum Gasteiger partial charge on any atom is -0.396 e. The van der Waals surface area contributed by atoms with Crippen LogP contribution < -0.4 is 5.73 Å². The number of carbonyl (C=O) groups is 1. The fraction of sp³-hybridized carbons (Fsp3) is 0.300. The zero-order valence-electron chi connectivity index (χ0n) is 8.73. The second-order valence-electron chi connectivity index (χ2n) is 3.50. The molecule has 0 saturated carbocycles. The molecule has 0 atom stereocenters. The Balaban J connectivity index is 2.86. The second kappa shape index (κ2) is 4.61. The quantitative estimate of drug-likeness (QED) is 0.634. The largest absolute Gasteiger partial charge is 0.396 e. The molecule has 0 unspecified atom stereocenters. The molecule has 0 aromatic heterocycles. The maximum absolute atomic E-state index is 13.0. The summed E-state index contributed by atoms with van der Waals surface area (Å²) >= 11 is 0. The highest BCUT2D eigenvalue weighted by Gasteiger charge is 2.14. The lowest BCUT2D eigenvalue weighted by atomic mass is 10.1. The van der Waals surface area contributed by atoms with Crippen molar-refractivity contribution in [3.8, 4) is 0 Å². The maximum atomic E-state index is 13.0. The van der Waals surface area contributed by atoms with Crippen LogP contribution in [0, 0.1) is 5.82 Å². The molecular weight excluding hydrogens is 233 g/mol. The Bertz CT molecular complexity index is 511. The van der Waals surface area contributed by atoms with Crippen molar-refractivity contribution >= 4 is 21.3 Å². The number of ketones is 1. The third-order valence-electron chi connectivity index (χ3n) is 2.05. The lowest BCUT2D eigenvalue weighted by molar-refractivity contribution is 0.0989. The normalized spacial score (nSPS) is 11.4. The van der Waals surface area contributed by atoms with Crippen LogP contribution in [0.15, 0.2) is 18.2 Å². The standard InChI is InChI=1S/C10H12FNO3S/c1-16(14,15)6-5-9(13)7-3-2-4-8(11)10(7)12/h2-4H,5-6,12H2,1H3. The first-order chi connectivity index (χ1) is 7.31. The first-order valence-electron chi connectivity index (χ1n) is 4.56. The van der Waals surface area contributed by atoms with Gasteiger partial charge in [0, 0.05) is 18.2 Å². The van der Waals surface area contributed by atoms with Crippen LogP contribution in [-0.2, 0) is 9.84 Å². The summed E-state index contributed by atoms with van der Waals surface area (Å²) in [5.74, 6) is -1.41. The van der Waals surface area contributed by atoms with Gasteiger partial charge in [-0.15, -0.1) is 0 Å². The van der Waals surface area contributed by atoms with Gasteiger partial charge in [0.05, 0.1) is 11.4 Å². The number of Topliss-reactive ketones (excluding diaryl/α,β-unsaturated/α-hetero) is 1. The molecule has 1 aromatic carbocycles. The highest BCUT2D eigenvalue weighted by atomic mass is 32.2. The van der Waals surface area contributed by atoms with Crippen LogP contribution in [0.5, 0.6) is 0 Å². The molecule has 16 heavy (non-hydrogen) atoms. The minimum absolute atomic E-state index is 0.0312. The predicted octanol–water partition coefficient (Wildman–Crippen LogP) is 1.03. The number of benzene rings is 1. The summed E-state index contributed by atoms with van der Waals surface area (Å²) in [5, 5.41) is 0. The lowest BCUT2D eigenvalue weighted by Crippen LogP contribution is -2.11. The summed E-state index contributed by atoms with van der Waals surface area (Å²) in [6, 6.07) is 3.88. The lowest BCUT2D eigenvalue weighted by Gasteiger charge is -2.04. The molecule has 0 bridgehead atoms. The zero-order valence-corrected chi connectivity index (χ0v) is 9.55. The number of rotatable bonds is 4. The van der Waals surface area contributed by atoms with Crippen molar-refractivity contribution in [2.24, 2.45) is 0 Å². The number of carbonyl (C=O) groups excluding carboxylic acids is 1. The Morgan fingerprint density at radius 3 is 2.62 bits per heavy atom. The number of nitrogen functional groups attached to an aromatic ring is 1. The van der Waals surface area contributed by atoms with E-state index in [9.17, 15) is 17.6 Å². The number of para-hydroxylation sites is 1. The highest BCUT2D eigenvalue weighted by Crippen LogP contribution is 2.17. The summed E-state index contributed by atoms with van der Waals surface area (Å²) in [5.41, 5.74) is 5.17. The second-order valence-corrected chi connectivity index (χ2v) is 5.76. The molecule has 0 spiro atoms. The van der Waals surface area contributed by atoms with Gasteiger partial charge in [0.15, 0.2) is 5.78 Å². The van der Waals surface area contributed by atoms with E-state index in [2.05, 4.69) is 0 Å². The zero-order chi connectivity index (χ0) is 12.3. The Morgan fingerprint density at radius 1 is 1.44 bits per heavy atom. The van der Waals surface area contributed by atoms with Crippen molar-refractivity contribution in [3.05, 3.63) is 29.6 Å². The summed E-state index contributed by atoms with van der Waals surface area (Å²) < 4.78 is 34.7. The van der Waals surface area contributed by atoms with Crippen molar-refractivity contribution in [1.82, 2.24) is 0 Å². The molecular formula is C10H12FNO3S. The summed E-state index contributed by atoms with van der Waals surface area (Å²) in [7, 11) is -3.21. The number of hydrogen-bond donors (Lipinski definition) is 1. The van der Waals surface area contributed by atoms with E-state index in [0.717, 1.165) is 12.3 Å². The van der Waals surface area contributed by atoms with E-state index in [4.69, 9.17) is 5.73 Å². The van der Waals surface area contributed by atoms with E-state index in [1.165, 1.54) is 12.1 Å². The first-order valence-corrected chi connectivity index (χ1v) is 6.62. The molecule has 0 heterocycles. The van der Waals surface area contributed by atoms with Gasteiger partial charge < -0.3 is 5.73 Å². The van der Waals surface area contributed by atoms with E-state index >= 15 is 0 Å². The van der Waals surface area contributed by atoms with E-state index in [1.807, 2.05) is 0 Å². The molecule has 6 heteroatoms. The Hall–Kier alpha value is -1.43. The van der Waals surface area contributed by atoms with Crippen molar-refractivity contribution in [2.75, 3.05) is 17.7 Å². The van der Waals surface area contributed by atoms with Gasteiger partial charge in [0.2, 0.25) is 0 Å². The van der Waals surface area contributed by atoms with E-state index < -0.39 is 21.4 Å². The topological polar surface area (TPSA) is 77.2 Å². The third-order valence-corrected chi connectivity index (χ3v) is 3.00. The van der Waals surface area contributed by atoms with Crippen molar-refractivity contribution in [2.45, 2.75) is 6.42 Å². The molecule has 88 valence electrons. The molecule has 2 N–H and O–H groups in total.